The Bertz CT molecular complexity index is 535. The first-order chi connectivity index (χ1) is 10.0. The third-order valence-electron chi connectivity index (χ3n) is 4.64. The smallest absolute Gasteiger partial charge is 0.238 e. The van der Waals surface area contributed by atoms with Crippen molar-refractivity contribution in [3.05, 3.63) is 29.6 Å². The maximum atomic E-state index is 13.5. The van der Waals surface area contributed by atoms with E-state index in [4.69, 9.17) is 0 Å². The number of fused-ring (bicyclic) bond motifs is 2. The van der Waals surface area contributed by atoms with Crippen LogP contribution in [0.15, 0.2) is 18.2 Å². The van der Waals surface area contributed by atoms with Crippen LogP contribution in [0.1, 0.15) is 31.2 Å². The second-order valence-corrected chi connectivity index (χ2v) is 6.19. The van der Waals surface area contributed by atoms with E-state index in [1.165, 1.54) is 6.07 Å². The van der Waals surface area contributed by atoms with Crippen LogP contribution in [0.25, 0.3) is 0 Å². The van der Waals surface area contributed by atoms with Crippen molar-refractivity contribution in [1.29, 1.82) is 0 Å². The number of amides is 1. The number of hydrogen-bond acceptors (Lipinski definition) is 3. The van der Waals surface area contributed by atoms with Crippen LogP contribution < -0.4 is 5.32 Å². The molecular formula is C16H21FN2O2. The third-order valence-corrected chi connectivity index (χ3v) is 4.64. The molecule has 2 N–H and O–H groups in total. The number of aliphatic hydroxyl groups excluding tert-OH is 1. The van der Waals surface area contributed by atoms with Gasteiger partial charge in [0.05, 0.1) is 12.6 Å². The summed E-state index contributed by atoms with van der Waals surface area (Å²) < 4.78 is 13.5. The van der Waals surface area contributed by atoms with Crippen molar-refractivity contribution in [1.82, 2.24) is 4.90 Å². The van der Waals surface area contributed by atoms with Gasteiger partial charge in [0.2, 0.25) is 5.91 Å². The molecule has 2 atom stereocenters. The Morgan fingerprint density at radius 3 is 2.67 bits per heavy atom. The van der Waals surface area contributed by atoms with Crippen LogP contribution in [0.5, 0.6) is 0 Å². The van der Waals surface area contributed by atoms with Crippen molar-refractivity contribution >= 4 is 11.6 Å². The van der Waals surface area contributed by atoms with Crippen LogP contribution in [0.2, 0.25) is 0 Å². The fourth-order valence-electron chi connectivity index (χ4n) is 3.54. The Morgan fingerprint density at radius 2 is 2.05 bits per heavy atom. The minimum Gasteiger partial charge on any atom is -0.393 e. The highest BCUT2D eigenvalue weighted by Gasteiger charge is 2.40. The lowest BCUT2D eigenvalue weighted by molar-refractivity contribution is -0.119. The molecule has 2 aliphatic heterocycles. The van der Waals surface area contributed by atoms with E-state index < -0.39 is 0 Å². The van der Waals surface area contributed by atoms with Gasteiger partial charge in [-0.2, -0.15) is 0 Å². The van der Waals surface area contributed by atoms with Crippen molar-refractivity contribution < 1.29 is 14.3 Å². The fourth-order valence-corrected chi connectivity index (χ4v) is 3.54. The van der Waals surface area contributed by atoms with Gasteiger partial charge in [0.15, 0.2) is 0 Å². The highest BCUT2D eigenvalue weighted by atomic mass is 19.1. The van der Waals surface area contributed by atoms with Gasteiger partial charge in [-0.1, -0.05) is 6.07 Å². The Kier molecular flexibility index (Phi) is 3.95. The van der Waals surface area contributed by atoms with Gasteiger partial charge in [-0.25, -0.2) is 4.39 Å². The number of aliphatic hydroxyl groups is 1. The molecule has 0 aromatic heterocycles. The zero-order valence-electron chi connectivity index (χ0n) is 12.2. The number of rotatable bonds is 3. The number of nitrogens with zero attached hydrogens (tertiary/aromatic N) is 1. The molecular weight excluding hydrogens is 271 g/mol. The van der Waals surface area contributed by atoms with Crippen molar-refractivity contribution in [3.63, 3.8) is 0 Å². The molecule has 0 saturated carbocycles. The first-order valence-corrected chi connectivity index (χ1v) is 7.53. The summed E-state index contributed by atoms with van der Waals surface area (Å²) in [7, 11) is 0. The molecule has 0 spiro atoms. The molecule has 4 nitrogen and oxygen atoms in total. The molecule has 2 fully saturated rings. The second kappa shape index (κ2) is 5.73. The minimum absolute atomic E-state index is 0.119. The average molecular weight is 292 g/mol. The summed E-state index contributed by atoms with van der Waals surface area (Å²) >= 11 is 0. The van der Waals surface area contributed by atoms with Crippen molar-refractivity contribution in [2.75, 3.05) is 11.9 Å². The molecule has 21 heavy (non-hydrogen) atoms. The van der Waals surface area contributed by atoms with Gasteiger partial charge in [-0.15, -0.1) is 0 Å². The second-order valence-electron chi connectivity index (χ2n) is 6.19. The van der Waals surface area contributed by atoms with Gasteiger partial charge in [-0.3, -0.25) is 9.69 Å². The average Bonchev–Trinajstić information content (AvgIpc) is 2.67. The Morgan fingerprint density at radius 1 is 1.38 bits per heavy atom. The third kappa shape index (κ3) is 3.09. The molecule has 3 rings (SSSR count). The molecule has 0 aliphatic carbocycles. The number of piperidine rings is 1. The number of aryl methyl sites for hydroxylation is 1. The first kappa shape index (κ1) is 14.5. The summed E-state index contributed by atoms with van der Waals surface area (Å²) in [6, 6.07) is 5.33. The number of halogens is 1. The SMILES string of the molecule is Cc1ccc(NC(=O)CN2C3CCC2CC(O)C3)cc1F. The van der Waals surface area contributed by atoms with E-state index in [1.807, 2.05) is 0 Å². The van der Waals surface area contributed by atoms with E-state index in [1.54, 1.807) is 19.1 Å². The normalized spacial score (nSPS) is 28.6. The number of benzene rings is 1. The Hall–Kier alpha value is -1.46. The summed E-state index contributed by atoms with van der Waals surface area (Å²) in [6.07, 6.45) is 3.38. The summed E-state index contributed by atoms with van der Waals surface area (Å²) in [5.41, 5.74) is 1.06. The minimum atomic E-state index is -0.311. The number of hydrogen-bond donors (Lipinski definition) is 2. The summed E-state index contributed by atoms with van der Waals surface area (Å²) in [5.74, 6) is -0.430. The van der Waals surface area contributed by atoms with E-state index in [-0.39, 0.29) is 17.8 Å². The van der Waals surface area contributed by atoms with Crippen LogP contribution >= 0.6 is 0 Å². The van der Waals surface area contributed by atoms with Crippen molar-refractivity contribution in [2.24, 2.45) is 0 Å². The molecule has 0 radical (unpaired) electrons. The lowest BCUT2D eigenvalue weighted by Crippen LogP contribution is -2.47. The molecule has 5 heteroatoms. The molecule has 2 aliphatic rings. The number of carbonyl (C=O) groups excluding carboxylic acids is 1. The highest BCUT2D eigenvalue weighted by Crippen LogP contribution is 2.35. The summed E-state index contributed by atoms with van der Waals surface area (Å²) in [4.78, 5) is 14.3. The van der Waals surface area contributed by atoms with Crippen LogP contribution in [0.3, 0.4) is 0 Å². The van der Waals surface area contributed by atoms with Crippen molar-refractivity contribution in [3.8, 4) is 0 Å². The van der Waals surface area contributed by atoms with E-state index >= 15 is 0 Å². The lowest BCUT2D eigenvalue weighted by Gasteiger charge is -2.36. The zero-order chi connectivity index (χ0) is 15.0. The summed E-state index contributed by atoms with van der Waals surface area (Å²) in [6.45, 7) is 2.01. The first-order valence-electron chi connectivity index (χ1n) is 7.53. The number of anilines is 1. The maximum Gasteiger partial charge on any atom is 0.238 e. The van der Waals surface area contributed by atoms with Crippen LogP contribution in [0, 0.1) is 12.7 Å². The predicted molar refractivity (Wildman–Crippen MR) is 78.5 cm³/mol. The van der Waals surface area contributed by atoms with Gasteiger partial charge < -0.3 is 10.4 Å². The van der Waals surface area contributed by atoms with E-state index in [9.17, 15) is 14.3 Å². The summed E-state index contributed by atoms with van der Waals surface area (Å²) in [5, 5.41) is 12.5. The molecule has 2 heterocycles. The Balaban J connectivity index is 1.60. The molecule has 114 valence electrons. The largest absolute Gasteiger partial charge is 0.393 e. The molecule has 1 aromatic carbocycles. The standard InChI is InChI=1S/C16H21FN2O2/c1-10-2-3-11(6-15(10)17)18-16(21)9-19-12-4-5-13(19)8-14(20)7-12/h2-3,6,12-14,20H,4-5,7-9H2,1H3,(H,18,21). The van der Waals surface area contributed by atoms with E-state index in [0.717, 1.165) is 25.7 Å². The van der Waals surface area contributed by atoms with Crippen LogP contribution in [-0.4, -0.2) is 40.6 Å². The van der Waals surface area contributed by atoms with E-state index in [0.29, 0.717) is 29.9 Å². The fraction of sp³-hybridized carbons (Fsp3) is 0.562. The molecule has 2 bridgehead atoms. The Labute approximate surface area is 124 Å². The van der Waals surface area contributed by atoms with Gasteiger partial charge >= 0.3 is 0 Å². The van der Waals surface area contributed by atoms with Gasteiger partial charge in [0.1, 0.15) is 5.82 Å². The van der Waals surface area contributed by atoms with Crippen LogP contribution in [-0.2, 0) is 4.79 Å². The molecule has 2 saturated heterocycles. The zero-order valence-corrected chi connectivity index (χ0v) is 12.2. The van der Waals surface area contributed by atoms with Crippen LogP contribution in [0.4, 0.5) is 10.1 Å². The van der Waals surface area contributed by atoms with E-state index in [2.05, 4.69) is 10.2 Å². The molecule has 1 aromatic rings. The molecule has 2 unspecified atom stereocenters. The van der Waals surface area contributed by atoms with Gasteiger partial charge in [0.25, 0.3) is 0 Å². The van der Waals surface area contributed by atoms with Gasteiger partial charge in [0, 0.05) is 17.8 Å². The predicted octanol–water partition coefficient (Wildman–Crippen LogP) is 2.06. The monoisotopic (exact) mass is 292 g/mol. The quantitative estimate of drug-likeness (QED) is 0.896. The van der Waals surface area contributed by atoms with Gasteiger partial charge in [-0.05, 0) is 50.3 Å². The lowest BCUT2D eigenvalue weighted by atomic mass is 10.00. The molecule has 1 amide bonds. The van der Waals surface area contributed by atoms with Crippen molar-refractivity contribution in [2.45, 2.75) is 50.8 Å². The number of nitrogens with one attached hydrogen (secondary N) is 1. The highest BCUT2D eigenvalue weighted by molar-refractivity contribution is 5.92. The number of carbonyl (C=O) groups is 1. The maximum absolute atomic E-state index is 13.5. The topological polar surface area (TPSA) is 52.6 Å².